The van der Waals surface area contributed by atoms with E-state index in [9.17, 15) is 14.3 Å². The third-order valence-corrected chi connectivity index (χ3v) is 4.01. The number of ketones is 1. The lowest BCUT2D eigenvalue weighted by atomic mass is 10.3. The normalized spacial score (nSPS) is 18.1. The molecule has 0 aliphatic heterocycles. The first-order chi connectivity index (χ1) is 8.96. The Balaban J connectivity index is 1.91. The summed E-state index contributed by atoms with van der Waals surface area (Å²) in [5.41, 5.74) is 0. The van der Waals surface area contributed by atoms with E-state index in [0.29, 0.717) is 17.1 Å². The van der Waals surface area contributed by atoms with Gasteiger partial charge in [-0.3, -0.25) is 4.79 Å². The van der Waals surface area contributed by atoms with Crippen LogP contribution < -0.4 is 4.74 Å². The summed E-state index contributed by atoms with van der Waals surface area (Å²) in [6, 6.07) is 5.44. The molecule has 1 unspecified atom stereocenters. The fraction of sp³-hybridized carbons (Fsp3) is 0.357. The lowest BCUT2D eigenvalue weighted by Crippen LogP contribution is -2.35. The quantitative estimate of drug-likeness (QED) is 0.844. The van der Waals surface area contributed by atoms with Crippen LogP contribution in [0, 0.1) is 5.82 Å². The van der Waals surface area contributed by atoms with E-state index in [2.05, 4.69) is 0 Å². The van der Waals surface area contributed by atoms with Crippen molar-refractivity contribution in [2.45, 2.75) is 25.6 Å². The minimum atomic E-state index is -1.41. The fourth-order valence-corrected chi connectivity index (χ4v) is 2.69. The van der Waals surface area contributed by atoms with Crippen LogP contribution in [0.4, 0.5) is 4.39 Å². The second kappa shape index (κ2) is 5.75. The molecule has 0 amide bonds. The molecular weight excluding hydrogens is 267 g/mol. The average Bonchev–Trinajstić information content (AvgIpc) is 2.75. The van der Waals surface area contributed by atoms with Crippen LogP contribution in [0.1, 0.15) is 19.8 Å². The number of aliphatic hydroxyl groups is 1. The van der Waals surface area contributed by atoms with Crippen LogP contribution >= 0.6 is 11.8 Å². The number of carbonyl (C=O) groups is 1. The first-order valence-electron chi connectivity index (χ1n) is 5.99. The SMILES string of the molecule is CC(O)(CSC1=CCCC1=O)Oc1ccc(F)cc1. The Hall–Kier alpha value is -1.33. The largest absolute Gasteiger partial charge is 0.462 e. The fourth-order valence-electron chi connectivity index (χ4n) is 1.71. The maximum atomic E-state index is 12.7. The van der Waals surface area contributed by atoms with Gasteiger partial charge in [0.05, 0.1) is 5.75 Å². The summed E-state index contributed by atoms with van der Waals surface area (Å²) in [6.07, 6.45) is 3.19. The maximum Gasteiger partial charge on any atom is 0.214 e. The number of rotatable bonds is 5. The summed E-state index contributed by atoms with van der Waals surface area (Å²) < 4.78 is 18.1. The van der Waals surface area contributed by atoms with Gasteiger partial charge in [-0.2, -0.15) is 0 Å². The number of hydrogen-bond donors (Lipinski definition) is 1. The van der Waals surface area contributed by atoms with Gasteiger partial charge in [-0.25, -0.2) is 4.39 Å². The first kappa shape index (κ1) is 14.1. The van der Waals surface area contributed by atoms with Gasteiger partial charge in [0.1, 0.15) is 11.6 Å². The summed E-state index contributed by atoms with van der Waals surface area (Å²) in [5, 5.41) is 10.1. The molecule has 0 heterocycles. The Labute approximate surface area is 115 Å². The smallest absolute Gasteiger partial charge is 0.214 e. The summed E-state index contributed by atoms with van der Waals surface area (Å²) in [4.78, 5) is 12.1. The van der Waals surface area contributed by atoms with Crippen molar-refractivity contribution in [3.05, 3.63) is 41.1 Å². The molecule has 1 N–H and O–H groups in total. The molecule has 0 saturated carbocycles. The minimum absolute atomic E-state index is 0.114. The van der Waals surface area contributed by atoms with Crippen LogP contribution in [-0.4, -0.2) is 22.4 Å². The van der Waals surface area contributed by atoms with Crippen LogP contribution in [0.2, 0.25) is 0 Å². The predicted molar refractivity (Wildman–Crippen MR) is 72.4 cm³/mol. The molecule has 0 fully saturated rings. The standard InChI is InChI=1S/C14H15FO3S/c1-14(17,9-19-13-4-2-3-12(13)16)18-11-7-5-10(15)6-8-11/h4-8,17H,2-3,9H2,1H3. The Morgan fingerprint density at radius 3 is 2.68 bits per heavy atom. The second-order valence-electron chi connectivity index (χ2n) is 4.55. The van der Waals surface area contributed by atoms with Crippen molar-refractivity contribution in [3.8, 4) is 5.75 Å². The molecule has 0 saturated heterocycles. The maximum absolute atomic E-state index is 12.7. The molecule has 1 aliphatic rings. The lowest BCUT2D eigenvalue weighted by Gasteiger charge is -2.24. The van der Waals surface area contributed by atoms with Crippen molar-refractivity contribution in [3.63, 3.8) is 0 Å². The molecule has 19 heavy (non-hydrogen) atoms. The number of Topliss-reactive ketones (excluding diaryl/α,β-unsaturated/α-hetero) is 1. The summed E-state index contributed by atoms with van der Waals surface area (Å²) in [7, 11) is 0. The van der Waals surface area contributed by atoms with E-state index in [-0.39, 0.29) is 17.4 Å². The van der Waals surface area contributed by atoms with Crippen LogP contribution in [-0.2, 0) is 4.79 Å². The number of ether oxygens (including phenoxy) is 1. The number of carbonyl (C=O) groups excluding carboxylic acids is 1. The van der Waals surface area contributed by atoms with Crippen molar-refractivity contribution in [1.29, 1.82) is 0 Å². The molecule has 0 radical (unpaired) electrons. The summed E-state index contributed by atoms with van der Waals surface area (Å²) >= 11 is 1.28. The number of hydrogen-bond acceptors (Lipinski definition) is 4. The van der Waals surface area contributed by atoms with Crippen LogP contribution in [0.5, 0.6) is 5.75 Å². The highest BCUT2D eigenvalue weighted by atomic mass is 32.2. The molecule has 0 aromatic heterocycles. The van der Waals surface area contributed by atoms with E-state index in [0.717, 1.165) is 6.42 Å². The molecule has 5 heteroatoms. The average molecular weight is 282 g/mol. The van der Waals surface area contributed by atoms with Gasteiger partial charge in [0.25, 0.3) is 0 Å². The Morgan fingerprint density at radius 2 is 2.11 bits per heavy atom. The number of allylic oxidation sites excluding steroid dienone is 2. The summed E-state index contributed by atoms with van der Waals surface area (Å²) in [5.74, 6) is -1.03. The van der Waals surface area contributed by atoms with E-state index in [1.165, 1.54) is 43.0 Å². The molecule has 102 valence electrons. The van der Waals surface area contributed by atoms with Crippen molar-refractivity contribution in [2.24, 2.45) is 0 Å². The highest BCUT2D eigenvalue weighted by molar-refractivity contribution is 8.04. The first-order valence-corrected chi connectivity index (χ1v) is 6.98. The number of benzene rings is 1. The number of thioether (sulfide) groups is 1. The van der Waals surface area contributed by atoms with Gasteiger partial charge < -0.3 is 9.84 Å². The van der Waals surface area contributed by atoms with E-state index >= 15 is 0 Å². The molecule has 0 spiro atoms. The Bertz CT molecular complexity index is 494. The van der Waals surface area contributed by atoms with Crippen LogP contribution in [0.25, 0.3) is 0 Å². The second-order valence-corrected chi connectivity index (χ2v) is 5.57. The van der Waals surface area contributed by atoms with Gasteiger partial charge >= 0.3 is 0 Å². The molecule has 2 rings (SSSR count). The van der Waals surface area contributed by atoms with E-state index in [4.69, 9.17) is 4.74 Å². The zero-order chi connectivity index (χ0) is 13.9. The summed E-state index contributed by atoms with van der Waals surface area (Å²) in [6.45, 7) is 1.52. The van der Waals surface area contributed by atoms with Crippen LogP contribution in [0.15, 0.2) is 35.2 Å². The van der Waals surface area contributed by atoms with Gasteiger partial charge in [0, 0.05) is 18.2 Å². The van der Waals surface area contributed by atoms with Gasteiger partial charge in [0.15, 0.2) is 5.78 Å². The van der Waals surface area contributed by atoms with E-state index in [1.54, 1.807) is 0 Å². The molecule has 1 aliphatic carbocycles. The molecule has 3 nitrogen and oxygen atoms in total. The highest BCUT2D eigenvalue weighted by Gasteiger charge is 2.25. The van der Waals surface area contributed by atoms with Crippen molar-refractivity contribution < 1.29 is 19.0 Å². The molecule has 1 aromatic carbocycles. The molecule has 1 aromatic rings. The zero-order valence-electron chi connectivity index (χ0n) is 10.6. The van der Waals surface area contributed by atoms with Gasteiger partial charge in [-0.15, -0.1) is 11.8 Å². The monoisotopic (exact) mass is 282 g/mol. The van der Waals surface area contributed by atoms with Crippen LogP contribution in [0.3, 0.4) is 0 Å². The van der Waals surface area contributed by atoms with Crippen molar-refractivity contribution >= 4 is 17.5 Å². The third kappa shape index (κ3) is 4.08. The van der Waals surface area contributed by atoms with Crippen molar-refractivity contribution in [2.75, 3.05) is 5.75 Å². The highest BCUT2D eigenvalue weighted by Crippen LogP contribution is 2.29. The zero-order valence-corrected chi connectivity index (χ0v) is 11.4. The van der Waals surface area contributed by atoms with E-state index < -0.39 is 5.79 Å². The van der Waals surface area contributed by atoms with Gasteiger partial charge in [-0.1, -0.05) is 6.08 Å². The lowest BCUT2D eigenvalue weighted by molar-refractivity contribution is -0.114. The third-order valence-electron chi connectivity index (χ3n) is 2.62. The topological polar surface area (TPSA) is 46.5 Å². The molecule has 1 atom stereocenters. The Kier molecular flexibility index (Phi) is 4.27. The molecule has 0 bridgehead atoms. The van der Waals surface area contributed by atoms with E-state index in [1.807, 2.05) is 6.08 Å². The van der Waals surface area contributed by atoms with Gasteiger partial charge in [0.2, 0.25) is 5.79 Å². The van der Waals surface area contributed by atoms with Gasteiger partial charge in [-0.05, 0) is 30.7 Å². The predicted octanol–water partition coefficient (Wildman–Crippen LogP) is 2.89. The van der Waals surface area contributed by atoms with Crippen molar-refractivity contribution in [1.82, 2.24) is 0 Å². The Morgan fingerprint density at radius 1 is 1.42 bits per heavy atom. The molecular formula is C14H15FO3S. The number of halogens is 1. The minimum Gasteiger partial charge on any atom is -0.462 e.